The number of rotatable bonds is 4. The molecule has 1 saturated heterocycles. The van der Waals surface area contributed by atoms with E-state index in [-0.39, 0.29) is 11.4 Å². The number of piperidine rings is 1. The van der Waals surface area contributed by atoms with Gasteiger partial charge in [0.25, 0.3) is 5.91 Å². The summed E-state index contributed by atoms with van der Waals surface area (Å²) in [5.41, 5.74) is 1.84. The highest BCUT2D eigenvalue weighted by Crippen LogP contribution is 2.21. The Morgan fingerprint density at radius 1 is 1.26 bits per heavy atom. The number of nitrogens with one attached hydrogen (secondary N) is 1. The predicted octanol–water partition coefficient (Wildman–Crippen LogP) is 2.99. The van der Waals surface area contributed by atoms with Gasteiger partial charge in [0.15, 0.2) is 0 Å². The van der Waals surface area contributed by atoms with Crippen LogP contribution in [0, 0.1) is 0 Å². The first-order valence-electron chi connectivity index (χ1n) is 8.63. The molecule has 1 aliphatic rings. The van der Waals surface area contributed by atoms with Gasteiger partial charge in [-0.05, 0) is 58.6 Å². The van der Waals surface area contributed by atoms with Gasteiger partial charge >= 0.3 is 0 Å². The van der Waals surface area contributed by atoms with E-state index in [0.717, 1.165) is 38.0 Å². The van der Waals surface area contributed by atoms with Crippen molar-refractivity contribution in [3.63, 3.8) is 0 Å². The van der Waals surface area contributed by atoms with E-state index in [0.29, 0.717) is 0 Å². The fourth-order valence-electron chi connectivity index (χ4n) is 2.76. The largest absolute Gasteiger partial charge is 0.347 e. The molecule has 130 valence electrons. The van der Waals surface area contributed by atoms with E-state index < -0.39 is 0 Å². The maximum absolute atomic E-state index is 12.5. The minimum Gasteiger partial charge on any atom is -0.347 e. The van der Waals surface area contributed by atoms with Crippen LogP contribution in [0.4, 0.5) is 0 Å². The summed E-state index contributed by atoms with van der Waals surface area (Å²) in [5, 5.41) is 3.23. The zero-order chi connectivity index (χ0) is 17.5. The maximum atomic E-state index is 12.5. The Balaban J connectivity index is 0.00000127. The summed E-state index contributed by atoms with van der Waals surface area (Å²) in [5.74, 6) is 0.0441. The van der Waals surface area contributed by atoms with Crippen LogP contribution >= 0.6 is 0 Å². The number of amides is 1. The fraction of sp³-hybridized carbons (Fsp3) is 0.632. The molecule has 4 heteroatoms. The summed E-state index contributed by atoms with van der Waals surface area (Å²) >= 11 is 0. The van der Waals surface area contributed by atoms with Gasteiger partial charge in [-0.3, -0.25) is 4.79 Å². The van der Waals surface area contributed by atoms with Crippen LogP contribution in [0.1, 0.15) is 49.5 Å². The molecule has 0 saturated carbocycles. The van der Waals surface area contributed by atoms with Crippen molar-refractivity contribution in [1.29, 1.82) is 0 Å². The standard InChI is InChI=1S/C17H27N3O.C2H6/c1-17(8-10-20(4)11-9-17)18-16(21)15-7-5-6-14(12-15)13-19(2)3;1-2/h5-7,12H,8-11,13H2,1-4H3,(H,18,21);1-2H3. The lowest BCUT2D eigenvalue weighted by Gasteiger charge is -2.38. The average molecular weight is 319 g/mol. The molecule has 1 aromatic carbocycles. The summed E-state index contributed by atoms with van der Waals surface area (Å²) in [7, 11) is 6.20. The molecule has 2 rings (SSSR count). The van der Waals surface area contributed by atoms with Crippen molar-refractivity contribution in [2.75, 3.05) is 34.2 Å². The second-order valence-electron chi connectivity index (χ2n) is 6.76. The predicted molar refractivity (Wildman–Crippen MR) is 97.8 cm³/mol. The molecule has 1 aromatic rings. The Bertz CT molecular complexity index is 491. The molecule has 1 amide bonds. The highest BCUT2D eigenvalue weighted by Gasteiger charge is 2.30. The van der Waals surface area contributed by atoms with Gasteiger partial charge in [-0.25, -0.2) is 0 Å². The van der Waals surface area contributed by atoms with Crippen LogP contribution in [-0.2, 0) is 6.54 Å². The zero-order valence-corrected chi connectivity index (χ0v) is 15.6. The average Bonchev–Trinajstić information content (AvgIpc) is 2.52. The van der Waals surface area contributed by atoms with Crippen LogP contribution < -0.4 is 5.32 Å². The number of hydrogen-bond acceptors (Lipinski definition) is 3. The van der Waals surface area contributed by atoms with Crippen molar-refractivity contribution in [1.82, 2.24) is 15.1 Å². The molecule has 0 spiro atoms. The fourth-order valence-corrected chi connectivity index (χ4v) is 2.76. The van der Waals surface area contributed by atoms with Gasteiger partial charge in [-0.1, -0.05) is 26.0 Å². The summed E-state index contributed by atoms with van der Waals surface area (Å²) in [6, 6.07) is 7.92. The Labute approximate surface area is 141 Å². The first-order chi connectivity index (χ1) is 10.9. The van der Waals surface area contributed by atoms with Gasteiger partial charge in [0.1, 0.15) is 0 Å². The summed E-state index contributed by atoms with van der Waals surface area (Å²) in [6.45, 7) is 9.08. The highest BCUT2D eigenvalue weighted by atomic mass is 16.1. The summed E-state index contributed by atoms with van der Waals surface area (Å²) in [6.07, 6.45) is 2.01. The maximum Gasteiger partial charge on any atom is 0.251 e. The van der Waals surface area contributed by atoms with Crippen LogP contribution in [0.15, 0.2) is 24.3 Å². The minimum atomic E-state index is -0.0822. The number of likely N-dealkylation sites (tertiary alicyclic amines) is 1. The smallest absolute Gasteiger partial charge is 0.251 e. The van der Waals surface area contributed by atoms with Gasteiger partial charge in [0.05, 0.1) is 0 Å². The SMILES string of the molecule is CC.CN(C)Cc1cccc(C(=O)NC2(C)CCN(C)CC2)c1. The van der Waals surface area contributed by atoms with E-state index in [1.807, 2.05) is 46.1 Å². The third kappa shape index (κ3) is 6.32. The topological polar surface area (TPSA) is 35.6 Å². The second kappa shape index (κ2) is 9.04. The van der Waals surface area contributed by atoms with E-state index in [2.05, 4.69) is 35.2 Å². The van der Waals surface area contributed by atoms with Crippen LogP contribution in [0.3, 0.4) is 0 Å². The minimum absolute atomic E-state index is 0.0441. The van der Waals surface area contributed by atoms with Crippen LogP contribution in [0.2, 0.25) is 0 Å². The quantitative estimate of drug-likeness (QED) is 0.927. The van der Waals surface area contributed by atoms with Gasteiger partial charge in [0, 0.05) is 30.7 Å². The van der Waals surface area contributed by atoms with Gasteiger partial charge in [-0.15, -0.1) is 0 Å². The lowest BCUT2D eigenvalue weighted by molar-refractivity contribution is 0.0851. The molecule has 1 heterocycles. The molecule has 1 N–H and O–H groups in total. The number of carbonyl (C=O) groups excluding carboxylic acids is 1. The van der Waals surface area contributed by atoms with Gasteiger partial charge in [-0.2, -0.15) is 0 Å². The van der Waals surface area contributed by atoms with Crippen LogP contribution in [0.25, 0.3) is 0 Å². The van der Waals surface area contributed by atoms with Crippen molar-refractivity contribution >= 4 is 5.91 Å². The second-order valence-corrected chi connectivity index (χ2v) is 6.76. The molecule has 1 fully saturated rings. The van der Waals surface area contributed by atoms with E-state index in [1.54, 1.807) is 0 Å². The van der Waals surface area contributed by atoms with E-state index >= 15 is 0 Å². The summed E-state index contributed by atoms with van der Waals surface area (Å²) in [4.78, 5) is 16.9. The monoisotopic (exact) mass is 319 g/mol. The number of hydrogen-bond donors (Lipinski definition) is 1. The van der Waals surface area contributed by atoms with Crippen molar-refractivity contribution in [2.24, 2.45) is 0 Å². The van der Waals surface area contributed by atoms with E-state index in [4.69, 9.17) is 0 Å². The third-order valence-electron chi connectivity index (χ3n) is 4.19. The van der Waals surface area contributed by atoms with Crippen molar-refractivity contribution in [2.45, 2.75) is 45.7 Å². The van der Waals surface area contributed by atoms with Crippen molar-refractivity contribution in [3.05, 3.63) is 35.4 Å². The lowest BCUT2D eigenvalue weighted by Crippen LogP contribution is -2.52. The van der Waals surface area contributed by atoms with Crippen molar-refractivity contribution in [3.8, 4) is 0 Å². The third-order valence-corrected chi connectivity index (χ3v) is 4.19. The number of nitrogens with zero attached hydrogens (tertiary/aromatic N) is 2. The molecule has 0 aromatic heterocycles. The molecular weight excluding hydrogens is 286 g/mol. The Kier molecular flexibility index (Phi) is 7.73. The lowest BCUT2D eigenvalue weighted by atomic mass is 9.89. The molecule has 0 aliphatic carbocycles. The number of carbonyl (C=O) groups is 1. The Morgan fingerprint density at radius 3 is 2.43 bits per heavy atom. The molecule has 23 heavy (non-hydrogen) atoms. The van der Waals surface area contributed by atoms with Gasteiger partial charge in [0.2, 0.25) is 0 Å². The molecular formula is C19H33N3O. The molecule has 4 nitrogen and oxygen atoms in total. The summed E-state index contributed by atoms with van der Waals surface area (Å²) < 4.78 is 0. The van der Waals surface area contributed by atoms with E-state index in [1.165, 1.54) is 5.56 Å². The molecule has 0 radical (unpaired) electrons. The molecule has 1 aliphatic heterocycles. The van der Waals surface area contributed by atoms with E-state index in [9.17, 15) is 4.79 Å². The Morgan fingerprint density at radius 2 is 1.87 bits per heavy atom. The van der Waals surface area contributed by atoms with Crippen molar-refractivity contribution < 1.29 is 4.79 Å². The molecule has 0 unspecified atom stereocenters. The van der Waals surface area contributed by atoms with Gasteiger partial charge < -0.3 is 15.1 Å². The van der Waals surface area contributed by atoms with Crippen LogP contribution in [-0.4, -0.2) is 55.5 Å². The number of benzene rings is 1. The molecule has 0 bridgehead atoms. The molecule has 0 atom stereocenters. The Hall–Kier alpha value is -1.39. The normalized spacial score (nSPS) is 17.3. The van der Waals surface area contributed by atoms with Crippen LogP contribution in [0.5, 0.6) is 0 Å². The first kappa shape index (κ1) is 19.7. The first-order valence-corrected chi connectivity index (χ1v) is 8.63. The zero-order valence-electron chi connectivity index (χ0n) is 15.6. The highest BCUT2D eigenvalue weighted by molar-refractivity contribution is 5.94.